The van der Waals surface area contributed by atoms with Crippen molar-refractivity contribution in [3.8, 4) is 5.88 Å². The maximum absolute atomic E-state index is 13.2. The number of nitrogens with two attached hydrogens (primary N) is 1. The average Bonchev–Trinajstić information content (AvgIpc) is 3.17. The number of carbonyl (C=O) groups excluding carboxylic acids is 4. The molecule has 0 spiro atoms. The van der Waals surface area contributed by atoms with E-state index in [0.717, 1.165) is 23.2 Å². The number of amides is 4. The number of hydrogen-bond acceptors (Lipinski definition) is 6. The summed E-state index contributed by atoms with van der Waals surface area (Å²) in [7, 11) is 1.35. The molecule has 0 radical (unpaired) electrons. The molecule has 10 nitrogen and oxygen atoms in total. The van der Waals surface area contributed by atoms with E-state index in [-0.39, 0.29) is 35.0 Å². The van der Waals surface area contributed by atoms with E-state index in [2.05, 4.69) is 15.6 Å². The molecule has 2 aliphatic heterocycles. The summed E-state index contributed by atoms with van der Waals surface area (Å²) in [4.78, 5) is 54.9. The Kier molecular flexibility index (Phi) is 5.99. The molecule has 1 fully saturated rings. The number of pyridine rings is 1. The minimum Gasteiger partial charge on any atom is -0.480 e. The van der Waals surface area contributed by atoms with E-state index in [1.54, 1.807) is 4.90 Å². The van der Waals surface area contributed by atoms with Gasteiger partial charge in [-0.2, -0.15) is 0 Å². The Balaban J connectivity index is 1.55. The highest BCUT2D eigenvalue weighted by atomic mass is 16.5. The van der Waals surface area contributed by atoms with Crippen LogP contribution in [0.1, 0.15) is 47.3 Å². The molecule has 0 aliphatic carbocycles. The van der Waals surface area contributed by atoms with Crippen LogP contribution in [0, 0.1) is 5.92 Å². The van der Waals surface area contributed by atoms with Crippen molar-refractivity contribution in [1.29, 1.82) is 0 Å². The summed E-state index contributed by atoms with van der Waals surface area (Å²) in [5.41, 5.74) is 8.05. The molecule has 2 atom stereocenters. The summed E-state index contributed by atoms with van der Waals surface area (Å²) in [6, 6.07) is 6.69. The predicted octanol–water partition coefficient (Wildman–Crippen LogP) is 1.62. The number of aromatic nitrogens is 1. The third kappa shape index (κ3) is 4.50. The number of benzene rings is 1. The Morgan fingerprint density at radius 2 is 2.03 bits per heavy atom. The van der Waals surface area contributed by atoms with Gasteiger partial charge in [-0.25, -0.2) is 4.98 Å². The van der Waals surface area contributed by atoms with Gasteiger partial charge in [-0.15, -0.1) is 0 Å². The minimum atomic E-state index is -0.838. The molecule has 1 aromatic carbocycles. The summed E-state index contributed by atoms with van der Waals surface area (Å²) < 4.78 is 5.00. The van der Waals surface area contributed by atoms with Crippen molar-refractivity contribution in [1.82, 2.24) is 9.88 Å². The van der Waals surface area contributed by atoms with Crippen LogP contribution in [0.5, 0.6) is 5.88 Å². The van der Waals surface area contributed by atoms with E-state index in [1.165, 1.54) is 19.4 Å². The molecular weight excluding hydrogens is 426 g/mol. The fourth-order valence-electron chi connectivity index (χ4n) is 4.35. The first-order valence-corrected chi connectivity index (χ1v) is 10.6. The van der Waals surface area contributed by atoms with Gasteiger partial charge in [0.1, 0.15) is 5.56 Å². The number of ether oxygens (including phenoxy) is 1. The molecule has 33 heavy (non-hydrogen) atoms. The average molecular weight is 451 g/mol. The molecule has 1 saturated heterocycles. The second-order valence-electron chi connectivity index (χ2n) is 8.40. The number of primary amides is 1. The van der Waals surface area contributed by atoms with Crippen molar-refractivity contribution in [3.05, 3.63) is 47.2 Å². The summed E-state index contributed by atoms with van der Waals surface area (Å²) in [6.45, 7) is 2.46. The van der Waals surface area contributed by atoms with Crippen molar-refractivity contribution in [2.45, 2.75) is 32.2 Å². The maximum Gasteiger partial charge on any atom is 0.313 e. The van der Waals surface area contributed by atoms with Crippen molar-refractivity contribution >= 4 is 35.0 Å². The van der Waals surface area contributed by atoms with Crippen molar-refractivity contribution in [2.75, 3.05) is 24.3 Å². The van der Waals surface area contributed by atoms with Crippen LogP contribution >= 0.6 is 0 Å². The van der Waals surface area contributed by atoms with E-state index < -0.39 is 17.7 Å². The van der Waals surface area contributed by atoms with E-state index in [1.807, 2.05) is 25.1 Å². The van der Waals surface area contributed by atoms with Gasteiger partial charge in [-0.1, -0.05) is 19.1 Å². The smallest absolute Gasteiger partial charge is 0.313 e. The molecule has 3 heterocycles. The number of nitrogens with zero attached hydrogens (tertiary/aromatic N) is 2. The lowest BCUT2D eigenvalue weighted by Crippen LogP contribution is -2.46. The van der Waals surface area contributed by atoms with Crippen LogP contribution in [0.25, 0.3) is 0 Å². The number of carbonyl (C=O) groups is 4. The Labute approximate surface area is 190 Å². The normalized spacial score (nSPS) is 19.5. The first kappa shape index (κ1) is 22.3. The fourth-order valence-corrected chi connectivity index (χ4v) is 4.35. The summed E-state index contributed by atoms with van der Waals surface area (Å²) >= 11 is 0. The van der Waals surface area contributed by atoms with Crippen molar-refractivity contribution in [2.24, 2.45) is 11.7 Å². The van der Waals surface area contributed by atoms with E-state index in [4.69, 9.17) is 10.5 Å². The van der Waals surface area contributed by atoms with Gasteiger partial charge in [0.25, 0.3) is 5.91 Å². The standard InChI is InChI=1S/C23H25N5O5/c1-12-3-6-18(13-4-5-17-14(7-13)8-19(29)27-17)28(11-12)23(32)21(31)26-15-9-16(20(24)30)22(33-2)25-10-15/h4-5,7,9-10,12,18H,3,6,8,11H2,1-2H3,(H2,24,30)(H,26,31)(H,27,29)/t12-,18+/m0/s1. The highest BCUT2D eigenvalue weighted by Gasteiger charge is 2.35. The zero-order valence-corrected chi connectivity index (χ0v) is 18.4. The molecule has 0 unspecified atom stereocenters. The van der Waals surface area contributed by atoms with Crippen LogP contribution in [0.15, 0.2) is 30.5 Å². The number of nitrogens with one attached hydrogen (secondary N) is 2. The Morgan fingerprint density at radius 3 is 2.76 bits per heavy atom. The molecule has 172 valence electrons. The second-order valence-corrected chi connectivity index (χ2v) is 8.40. The zero-order chi connectivity index (χ0) is 23.7. The molecule has 10 heteroatoms. The van der Waals surface area contributed by atoms with E-state index in [9.17, 15) is 19.2 Å². The third-order valence-corrected chi connectivity index (χ3v) is 5.98. The van der Waals surface area contributed by atoms with Crippen LogP contribution in [-0.2, 0) is 20.8 Å². The van der Waals surface area contributed by atoms with Gasteiger partial charge < -0.3 is 26.0 Å². The zero-order valence-electron chi connectivity index (χ0n) is 18.4. The lowest BCUT2D eigenvalue weighted by Gasteiger charge is -2.38. The first-order chi connectivity index (χ1) is 15.8. The molecule has 4 rings (SSSR count). The molecular formula is C23H25N5O5. The van der Waals surface area contributed by atoms with Gasteiger partial charge in [0.05, 0.1) is 31.5 Å². The van der Waals surface area contributed by atoms with Crippen LogP contribution in [0.3, 0.4) is 0 Å². The molecule has 2 aromatic rings. The maximum atomic E-state index is 13.2. The SMILES string of the molecule is COc1ncc(NC(=O)C(=O)N2C[C@@H](C)CC[C@@H]2c2ccc3c(c2)CC(=O)N3)cc1C(N)=O. The van der Waals surface area contributed by atoms with Crippen LogP contribution < -0.4 is 21.1 Å². The van der Waals surface area contributed by atoms with Gasteiger partial charge in [-0.3, -0.25) is 19.2 Å². The second kappa shape index (κ2) is 8.89. The van der Waals surface area contributed by atoms with Crippen molar-refractivity contribution < 1.29 is 23.9 Å². The quantitative estimate of drug-likeness (QED) is 0.603. The van der Waals surface area contributed by atoms with Crippen LogP contribution in [0.2, 0.25) is 0 Å². The third-order valence-electron chi connectivity index (χ3n) is 5.98. The Morgan fingerprint density at radius 1 is 1.24 bits per heavy atom. The summed E-state index contributed by atoms with van der Waals surface area (Å²) in [5, 5.41) is 5.31. The van der Waals surface area contributed by atoms with E-state index in [0.29, 0.717) is 19.4 Å². The Bertz CT molecular complexity index is 1150. The number of likely N-dealkylation sites (tertiary alicyclic amines) is 1. The minimum absolute atomic E-state index is 0.00600. The first-order valence-electron chi connectivity index (χ1n) is 10.6. The molecule has 4 N–H and O–H groups in total. The van der Waals surface area contributed by atoms with Crippen molar-refractivity contribution in [3.63, 3.8) is 0 Å². The Hall–Kier alpha value is -3.95. The van der Waals surface area contributed by atoms with Gasteiger partial charge in [-0.05, 0) is 42.0 Å². The number of piperidine rings is 1. The predicted molar refractivity (Wildman–Crippen MR) is 120 cm³/mol. The van der Waals surface area contributed by atoms with Gasteiger partial charge in [0.15, 0.2) is 0 Å². The highest BCUT2D eigenvalue weighted by Crippen LogP contribution is 2.36. The van der Waals surface area contributed by atoms with Crippen LogP contribution in [0.4, 0.5) is 11.4 Å². The largest absolute Gasteiger partial charge is 0.480 e. The topological polar surface area (TPSA) is 144 Å². The summed E-state index contributed by atoms with van der Waals surface area (Å²) in [5.74, 6) is -2.08. The number of hydrogen-bond donors (Lipinski definition) is 3. The number of fused-ring (bicyclic) bond motifs is 1. The monoisotopic (exact) mass is 451 g/mol. The highest BCUT2D eigenvalue weighted by molar-refractivity contribution is 6.39. The lowest BCUT2D eigenvalue weighted by molar-refractivity contribution is -0.146. The summed E-state index contributed by atoms with van der Waals surface area (Å²) in [6.07, 6.45) is 3.20. The number of methoxy groups -OCH3 is 1. The molecule has 2 aliphatic rings. The fraction of sp³-hybridized carbons (Fsp3) is 0.348. The van der Waals surface area contributed by atoms with Gasteiger partial charge >= 0.3 is 11.8 Å². The molecule has 4 amide bonds. The molecule has 0 bridgehead atoms. The van der Waals surface area contributed by atoms with Gasteiger partial charge in [0, 0.05) is 12.2 Å². The number of anilines is 2. The van der Waals surface area contributed by atoms with Crippen LogP contribution in [-0.4, -0.2) is 47.2 Å². The van der Waals surface area contributed by atoms with Gasteiger partial charge in [0.2, 0.25) is 11.8 Å². The van der Waals surface area contributed by atoms with E-state index >= 15 is 0 Å². The lowest BCUT2D eigenvalue weighted by atomic mass is 9.89. The molecule has 1 aromatic heterocycles. The molecule has 0 saturated carbocycles. The number of rotatable bonds is 4.